The number of aromatic hydroxyl groups is 1. The van der Waals surface area contributed by atoms with Crippen LogP contribution in [0.4, 0.5) is 19.3 Å². The largest absolute Gasteiger partial charge is 0.508 e. The van der Waals surface area contributed by atoms with E-state index in [1.807, 2.05) is 0 Å². The van der Waals surface area contributed by atoms with Crippen LogP contribution in [-0.2, 0) is 0 Å². The number of aromatic nitrogens is 2. The number of benzene rings is 2. The molecule has 3 aromatic rings. The number of nitrogens with zero attached hydrogens (tertiary/aromatic N) is 2. The summed E-state index contributed by atoms with van der Waals surface area (Å²) in [4.78, 5) is 20.1. The number of carbonyl (C=O) groups is 1. The second-order valence-electron chi connectivity index (χ2n) is 7.40. The summed E-state index contributed by atoms with van der Waals surface area (Å²) in [5.41, 5.74) is 0.0693. The van der Waals surface area contributed by atoms with Crippen LogP contribution >= 0.6 is 0 Å². The molecule has 2 amide bonds. The van der Waals surface area contributed by atoms with Gasteiger partial charge in [0.15, 0.2) is 0 Å². The molecule has 2 aromatic carbocycles. The minimum Gasteiger partial charge on any atom is -0.508 e. The quantitative estimate of drug-likeness (QED) is 0.592. The maximum absolute atomic E-state index is 13.7. The van der Waals surface area contributed by atoms with Crippen LogP contribution in [0.1, 0.15) is 17.9 Å². The van der Waals surface area contributed by atoms with Crippen LogP contribution in [0.2, 0.25) is 0 Å². The number of anilines is 1. The van der Waals surface area contributed by atoms with Crippen molar-refractivity contribution in [3.8, 4) is 17.4 Å². The predicted octanol–water partition coefficient (Wildman–Crippen LogP) is 3.93. The molecule has 2 fully saturated rings. The summed E-state index contributed by atoms with van der Waals surface area (Å²) in [5.74, 6) is -0.488. The van der Waals surface area contributed by atoms with Gasteiger partial charge in [-0.15, -0.1) is 0 Å². The molecule has 0 saturated heterocycles. The Bertz CT molecular complexity index is 1140. The van der Waals surface area contributed by atoms with Crippen LogP contribution in [0, 0.1) is 17.6 Å². The first-order valence-corrected chi connectivity index (χ1v) is 9.27. The first-order valence-electron chi connectivity index (χ1n) is 9.27. The summed E-state index contributed by atoms with van der Waals surface area (Å²) in [7, 11) is 0. The second kappa shape index (κ2) is 6.65. The van der Waals surface area contributed by atoms with E-state index >= 15 is 0 Å². The van der Waals surface area contributed by atoms with E-state index in [0.717, 1.165) is 18.6 Å². The SMILES string of the molecule is O=C(Nc1ccc(F)cc1F)NC12CC1C2c1cc(Oc2ccncn2)ccc1O. The first-order chi connectivity index (χ1) is 14.5. The average Bonchev–Trinajstić information content (AvgIpc) is 3.57. The monoisotopic (exact) mass is 410 g/mol. The van der Waals surface area contributed by atoms with Gasteiger partial charge in [-0.25, -0.2) is 23.5 Å². The number of rotatable bonds is 5. The van der Waals surface area contributed by atoms with E-state index in [-0.39, 0.29) is 23.3 Å². The molecule has 5 rings (SSSR count). The third kappa shape index (κ3) is 3.18. The molecular formula is C21H16F2N4O3. The molecule has 3 atom stereocenters. The summed E-state index contributed by atoms with van der Waals surface area (Å²) in [5, 5.41) is 15.6. The Morgan fingerprint density at radius 2 is 2.07 bits per heavy atom. The number of hydrogen-bond donors (Lipinski definition) is 3. The molecule has 152 valence electrons. The number of phenols is 1. The number of fused-ring (bicyclic) bond motifs is 1. The minimum atomic E-state index is -0.852. The molecule has 0 radical (unpaired) electrons. The summed E-state index contributed by atoms with van der Waals surface area (Å²) in [6, 6.07) is 8.84. The van der Waals surface area contributed by atoms with Crippen molar-refractivity contribution >= 4 is 11.7 Å². The number of ether oxygens (including phenoxy) is 1. The van der Waals surface area contributed by atoms with E-state index in [4.69, 9.17) is 4.74 Å². The van der Waals surface area contributed by atoms with Crippen LogP contribution < -0.4 is 15.4 Å². The normalized spacial score (nSPS) is 23.3. The molecule has 0 bridgehead atoms. The van der Waals surface area contributed by atoms with Crippen molar-refractivity contribution in [3.63, 3.8) is 0 Å². The van der Waals surface area contributed by atoms with E-state index in [9.17, 15) is 18.7 Å². The summed E-state index contributed by atoms with van der Waals surface area (Å²) in [6.07, 6.45) is 3.68. The fourth-order valence-corrected chi connectivity index (χ4v) is 3.88. The lowest BCUT2D eigenvalue weighted by molar-refractivity contribution is 0.249. The van der Waals surface area contributed by atoms with Crippen LogP contribution in [0.25, 0.3) is 0 Å². The lowest BCUT2D eigenvalue weighted by atomic mass is 10.00. The third-order valence-corrected chi connectivity index (χ3v) is 5.54. The van der Waals surface area contributed by atoms with Gasteiger partial charge >= 0.3 is 6.03 Å². The zero-order chi connectivity index (χ0) is 20.9. The highest BCUT2D eigenvalue weighted by Gasteiger charge is 2.80. The molecule has 2 aliphatic rings. The predicted molar refractivity (Wildman–Crippen MR) is 102 cm³/mol. The van der Waals surface area contributed by atoms with Gasteiger partial charge in [-0.2, -0.15) is 0 Å². The maximum Gasteiger partial charge on any atom is 0.319 e. The smallest absolute Gasteiger partial charge is 0.319 e. The Morgan fingerprint density at radius 3 is 2.80 bits per heavy atom. The summed E-state index contributed by atoms with van der Waals surface area (Å²) in [6.45, 7) is 0. The first kappa shape index (κ1) is 18.3. The minimum absolute atomic E-state index is 0.0738. The van der Waals surface area contributed by atoms with Gasteiger partial charge < -0.3 is 20.5 Å². The number of halogens is 2. The van der Waals surface area contributed by atoms with Gasteiger partial charge in [-0.3, -0.25) is 0 Å². The van der Waals surface area contributed by atoms with Crippen molar-refractivity contribution in [2.75, 3.05) is 5.32 Å². The standard InChI is InChI=1S/C21H16F2N4O3/c22-11-1-3-16(15(23)7-11)26-20(29)27-21-9-14(21)19(21)13-8-12(2-4-17(13)28)30-18-5-6-24-10-25-18/h1-8,10,14,19,28H,9H2,(H2,26,27,29). The average molecular weight is 410 g/mol. The number of urea groups is 1. The Labute approximate surface area is 169 Å². The molecule has 30 heavy (non-hydrogen) atoms. The molecule has 1 heterocycles. The lowest BCUT2D eigenvalue weighted by Crippen LogP contribution is -2.36. The van der Waals surface area contributed by atoms with Crippen LogP contribution in [-0.4, -0.2) is 26.6 Å². The summed E-state index contributed by atoms with van der Waals surface area (Å²) >= 11 is 0. The van der Waals surface area contributed by atoms with Crippen LogP contribution in [0.5, 0.6) is 17.4 Å². The number of amides is 2. The van der Waals surface area contributed by atoms with E-state index in [1.165, 1.54) is 12.4 Å². The second-order valence-corrected chi connectivity index (χ2v) is 7.40. The van der Waals surface area contributed by atoms with Crippen molar-refractivity contribution in [3.05, 3.63) is 72.2 Å². The van der Waals surface area contributed by atoms with Gasteiger partial charge in [-0.05, 0) is 42.7 Å². The van der Waals surface area contributed by atoms with Gasteiger partial charge in [0.25, 0.3) is 0 Å². The van der Waals surface area contributed by atoms with Crippen molar-refractivity contribution in [2.24, 2.45) is 5.92 Å². The fraction of sp³-hybridized carbons (Fsp3) is 0.190. The van der Waals surface area contributed by atoms with E-state index in [0.29, 0.717) is 23.3 Å². The van der Waals surface area contributed by atoms with Crippen LogP contribution in [0.3, 0.4) is 0 Å². The zero-order valence-electron chi connectivity index (χ0n) is 15.5. The third-order valence-electron chi connectivity index (χ3n) is 5.54. The topological polar surface area (TPSA) is 96.4 Å². The van der Waals surface area contributed by atoms with Crippen molar-refractivity contribution in [1.29, 1.82) is 0 Å². The van der Waals surface area contributed by atoms with Crippen molar-refractivity contribution < 1.29 is 23.4 Å². The van der Waals surface area contributed by atoms with E-state index in [2.05, 4.69) is 20.6 Å². The number of hydrogen-bond acceptors (Lipinski definition) is 5. The van der Waals surface area contributed by atoms with Gasteiger partial charge in [0.1, 0.15) is 29.5 Å². The van der Waals surface area contributed by atoms with Gasteiger partial charge in [0, 0.05) is 29.8 Å². The van der Waals surface area contributed by atoms with Crippen molar-refractivity contribution in [2.45, 2.75) is 17.9 Å². The molecule has 1 aromatic heterocycles. The molecular weight excluding hydrogens is 394 g/mol. The highest BCUT2D eigenvalue weighted by Crippen LogP contribution is 2.77. The molecule has 2 aliphatic carbocycles. The van der Waals surface area contributed by atoms with Gasteiger partial charge in [-0.1, -0.05) is 0 Å². The Morgan fingerprint density at radius 1 is 1.20 bits per heavy atom. The molecule has 3 N–H and O–H groups in total. The Kier molecular flexibility index (Phi) is 4.05. The van der Waals surface area contributed by atoms with Crippen molar-refractivity contribution in [1.82, 2.24) is 15.3 Å². The molecule has 0 aliphatic heterocycles. The molecule has 9 heteroatoms. The highest BCUT2D eigenvalue weighted by molar-refractivity contribution is 5.91. The van der Waals surface area contributed by atoms with E-state index < -0.39 is 23.2 Å². The fourth-order valence-electron chi connectivity index (χ4n) is 3.88. The van der Waals surface area contributed by atoms with Gasteiger partial charge in [0.2, 0.25) is 5.88 Å². The molecule has 0 spiro atoms. The summed E-state index contributed by atoms with van der Waals surface area (Å²) < 4.78 is 32.4. The molecule has 7 nitrogen and oxygen atoms in total. The van der Waals surface area contributed by atoms with E-state index in [1.54, 1.807) is 24.4 Å². The maximum atomic E-state index is 13.7. The van der Waals surface area contributed by atoms with Crippen LogP contribution in [0.15, 0.2) is 55.0 Å². The van der Waals surface area contributed by atoms with Gasteiger partial charge in [0.05, 0.1) is 11.2 Å². The zero-order valence-corrected chi connectivity index (χ0v) is 15.5. The number of carbonyl (C=O) groups excluding carboxylic acids is 1. The Balaban J connectivity index is 1.28. The highest BCUT2D eigenvalue weighted by atomic mass is 19.1. The number of phenolic OH excluding ortho intramolecular Hbond substituents is 1. The molecule has 2 saturated carbocycles. The molecule has 3 unspecified atom stereocenters. The Hall–Kier alpha value is -3.75. The lowest BCUT2D eigenvalue weighted by Gasteiger charge is -2.17. The number of nitrogens with one attached hydrogen (secondary N) is 2.